The molecule has 0 aliphatic heterocycles. The molecular formula is C48H31N3. The zero-order valence-corrected chi connectivity index (χ0v) is 27.8. The van der Waals surface area contributed by atoms with Gasteiger partial charge in [-0.05, 0) is 102 Å². The zero-order chi connectivity index (χ0) is 33.7. The summed E-state index contributed by atoms with van der Waals surface area (Å²) in [5.41, 5.74) is 7.76. The number of rotatable bonds is 5. The normalized spacial score (nSPS) is 11.6. The van der Waals surface area contributed by atoms with Crippen LogP contribution in [0, 0.1) is 0 Å². The van der Waals surface area contributed by atoms with Crippen LogP contribution in [0.2, 0.25) is 0 Å². The fourth-order valence-electron chi connectivity index (χ4n) is 7.68. The van der Waals surface area contributed by atoms with Gasteiger partial charge in [0.2, 0.25) is 0 Å². The van der Waals surface area contributed by atoms with Gasteiger partial charge in [-0.15, -0.1) is 0 Å². The second-order valence-electron chi connectivity index (χ2n) is 13.3. The molecular weight excluding hydrogens is 619 g/mol. The summed E-state index contributed by atoms with van der Waals surface area (Å²) in [4.78, 5) is 14.2. The molecule has 0 saturated heterocycles. The molecule has 0 saturated carbocycles. The van der Waals surface area contributed by atoms with Crippen LogP contribution in [0.5, 0.6) is 0 Å². The van der Waals surface area contributed by atoms with Gasteiger partial charge in [0.1, 0.15) is 0 Å². The van der Waals surface area contributed by atoms with E-state index >= 15 is 0 Å². The van der Waals surface area contributed by atoms with Crippen LogP contribution in [-0.2, 0) is 6.42 Å². The molecule has 8 aromatic carbocycles. The molecule has 0 radical (unpaired) electrons. The minimum atomic E-state index is 0.732. The predicted octanol–water partition coefficient (Wildman–Crippen LogP) is 12.2. The van der Waals surface area contributed by atoms with E-state index in [-0.39, 0.29) is 0 Å². The van der Waals surface area contributed by atoms with E-state index in [0.29, 0.717) is 0 Å². The maximum absolute atomic E-state index is 4.95. The number of fused-ring (bicyclic) bond motifs is 9. The molecule has 10 aromatic rings. The van der Waals surface area contributed by atoms with E-state index < -0.39 is 0 Å². The summed E-state index contributed by atoms with van der Waals surface area (Å²) in [5.74, 6) is 0.732. The van der Waals surface area contributed by atoms with Crippen molar-refractivity contribution in [1.82, 2.24) is 15.0 Å². The number of hydrogen-bond donors (Lipinski definition) is 0. The van der Waals surface area contributed by atoms with Gasteiger partial charge in [0, 0.05) is 29.1 Å². The predicted molar refractivity (Wildman–Crippen MR) is 213 cm³/mol. The Morgan fingerprint density at radius 1 is 0.333 bits per heavy atom. The number of benzene rings is 8. The van der Waals surface area contributed by atoms with E-state index in [4.69, 9.17) is 4.98 Å². The van der Waals surface area contributed by atoms with Gasteiger partial charge >= 0.3 is 0 Å². The van der Waals surface area contributed by atoms with Gasteiger partial charge in [-0.1, -0.05) is 133 Å². The standard InChI is InChI=1S/C48H31N3/c1-2-8-33(9-3-1)47-23-25-50-48(51-47)37-18-22-43-42-20-14-32(28-44(42)40-10-4-5-11-41(40)45(43)30-37)26-31-13-19-38-34(27-31)15-16-35-29-36(17-21-39(35)38)46-12-6-7-24-49-46/h1-25,27-30H,26H2. The van der Waals surface area contributed by atoms with Crippen LogP contribution in [0.1, 0.15) is 11.1 Å². The summed E-state index contributed by atoms with van der Waals surface area (Å²) in [7, 11) is 0. The molecule has 0 fully saturated rings. The maximum Gasteiger partial charge on any atom is 0.159 e. The van der Waals surface area contributed by atoms with Crippen molar-refractivity contribution in [3.8, 4) is 33.9 Å². The minimum absolute atomic E-state index is 0.732. The first-order valence-corrected chi connectivity index (χ1v) is 17.4. The Kier molecular flexibility index (Phi) is 6.88. The van der Waals surface area contributed by atoms with Crippen molar-refractivity contribution < 1.29 is 0 Å². The van der Waals surface area contributed by atoms with Crippen molar-refractivity contribution >= 4 is 53.9 Å². The van der Waals surface area contributed by atoms with E-state index in [0.717, 1.165) is 40.3 Å². The Balaban J connectivity index is 1.02. The maximum atomic E-state index is 4.95. The van der Waals surface area contributed by atoms with Crippen LogP contribution < -0.4 is 0 Å². The van der Waals surface area contributed by atoms with Crippen molar-refractivity contribution in [3.05, 3.63) is 187 Å². The van der Waals surface area contributed by atoms with Gasteiger partial charge in [0.05, 0.1) is 11.4 Å². The lowest BCUT2D eigenvalue weighted by Gasteiger charge is -2.14. The highest BCUT2D eigenvalue weighted by molar-refractivity contribution is 6.25. The molecule has 0 unspecified atom stereocenters. The zero-order valence-electron chi connectivity index (χ0n) is 27.8. The highest BCUT2D eigenvalue weighted by Gasteiger charge is 2.13. The summed E-state index contributed by atoms with van der Waals surface area (Å²) < 4.78 is 0. The molecule has 3 nitrogen and oxygen atoms in total. The largest absolute Gasteiger partial charge is 0.256 e. The summed E-state index contributed by atoms with van der Waals surface area (Å²) >= 11 is 0. The van der Waals surface area contributed by atoms with Crippen LogP contribution in [0.25, 0.3) is 87.8 Å². The molecule has 0 N–H and O–H groups in total. The SMILES string of the molecule is c1ccc(-c2ccnc(-c3ccc4c5ccc(Cc6ccc7c(ccc8cc(-c9ccccn9)ccc87)c6)cc5c5ccccc5c4c3)n2)cc1. The monoisotopic (exact) mass is 649 g/mol. The summed E-state index contributed by atoms with van der Waals surface area (Å²) in [5, 5.41) is 12.5. The fourth-order valence-corrected chi connectivity index (χ4v) is 7.68. The van der Waals surface area contributed by atoms with Gasteiger partial charge in [0.15, 0.2) is 5.82 Å². The molecule has 0 aliphatic carbocycles. The summed E-state index contributed by atoms with van der Waals surface area (Å²) in [6.45, 7) is 0. The highest BCUT2D eigenvalue weighted by Crippen LogP contribution is 2.38. The quantitative estimate of drug-likeness (QED) is 0.174. The Hall–Kier alpha value is -6.71. The Labute approximate surface area is 295 Å². The number of aromatic nitrogens is 3. The Bertz CT molecular complexity index is 2910. The second kappa shape index (κ2) is 12.0. The Morgan fingerprint density at radius 3 is 1.75 bits per heavy atom. The van der Waals surface area contributed by atoms with E-state index in [1.807, 2.05) is 48.8 Å². The van der Waals surface area contributed by atoms with Crippen LogP contribution >= 0.6 is 0 Å². The van der Waals surface area contributed by atoms with E-state index in [1.54, 1.807) is 0 Å². The van der Waals surface area contributed by atoms with Gasteiger partial charge in [0.25, 0.3) is 0 Å². The Morgan fingerprint density at radius 2 is 0.961 bits per heavy atom. The number of hydrogen-bond acceptors (Lipinski definition) is 3. The highest BCUT2D eigenvalue weighted by atomic mass is 14.9. The molecule has 2 heterocycles. The third-order valence-electron chi connectivity index (χ3n) is 10.2. The molecule has 10 rings (SSSR count). The van der Waals surface area contributed by atoms with E-state index in [1.165, 1.54) is 65.0 Å². The molecule has 0 aliphatic rings. The first kappa shape index (κ1) is 29.2. The molecule has 0 atom stereocenters. The lowest BCUT2D eigenvalue weighted by Crippen LogP contribution is -1.93. The fraction of sp³-hybridized carbons (Fsp3) is 0.0208. The molecule has 0 amide bonds. The van der Waals surface area contributed by atoms with Crippen LogP contribution in [0.4, 0.5) is 0 Å². The molecule has 0 bridgehead atoms. The van der Waals surface area contributed by atoms with Crippen molar-refractivity contribution in [3.63, 3.8) is 0 Å². The van der Waals surface area contributed by atoms with Crippen molar-refractivity contribution in [2.75, 3.05) is 0 Å². The summed E-state index contributed by atoms with van der Waals surface area (Å²) in [6, 6.07) is 58.8. The average molecular weight is 650 g/mol. The average Bonchev–Trinajstić information content (AvgIpc) is 3.21. The van der Waals surface area contributed by atoms with Gasteiger partial charge < -0.3 is 0 Å². The first-order valence-electron chi connectivity index (χ1n) is 17.4. The molecule has 3 heteroatoms. The summed E-state index contributed by atoms with van der Waals surface area (Å²) in [6.07, 6.45) is 4.56. The van der Waals surface area contributed by atoms with E-state index in [9.17, 15) is 0 Å². The third-order valence-corrected chi connectivity index (χ3v) is 10.2. The smallest absolute Gasteiger partial charge is 0.159 e. The topological polar surface area (TPSA) is 38.7 Å². The van der Waals surface area contributed by atoms with Crippen LogP contribution in [-0.4, -0.2) is 15.0 Å². The lowest BCUT2D eigenvalue weighted by molar-refractivity contribution is 1.18. The van der Waals surface area contributed by atoms with Gasteiger partial charge in [-0.2, -0.15) is 0 Å². The van der Waals surface area contributed by atoms with Crippen LogP contribution in [0.15, 0.2) is 176 Å². The van der Waals surface area contributed by atoms with E-state index in [2.05, 4.69) is 137 Å². The molecule has 51 heavy (non-hydrogen) atoms. The molecule has 2 aromatic heterocycles. The third kappa shape index (κ3) is 5.19. The second-order valence-corrected chi connectivity index (χ2v) is 13.3. The minimum Gasteiger partial charge on any atom is -0.256 e. The molecule has 0 spiro atoms. The van der Waals surface area contributed by atoms with Gasteiger partial charge in [-0.3, -0.25) is 4.98 Å². The van der Waals surface area contributed by atoms with Crippen molar-refractivity contribution in [2.24, 2.45) is 0 Å². The van der Waals surface area contributed by atoms with Crippen molar-refractivity contribution in [1.29, 1.82) is 0 Å². The van der Waals surface area contributed by atoms with Gasteiger partial charge in [-0.25, -0.2) is 9.97 Å². The van der Waals surface area contributed by atoms with Crippen molar-refractivity contribution in [2.45, 2.75) is 6.42 Å². The lowest BCUT2D eigenvalue weighted by atomic mass is 9.91. The number of nitrogens with zero attached hydrogens (tertiary/aromatic N) is 3. The van der Waals surface area contributed by atoms with Crippen LogP contribution in [0.3, 0.4) is 0 Å². The number of pyridine rings is 1. The molecule has 238 valence electrons. The first-order chi connectivity index (χ1) is 25.2.